The first-order valence-electron chi connectivity index (χ1n) is 10.4. The van der Waals surface area contributed by atoms with E-state index in [1.807, 2.05) is 62.4 Å². The summed E-state index contributed by atoms with van der Waals surface area (Å²) in [6.45, 7) is 8.25. The van der Waals surface area contributed by atoms with Crippen molar-refractivity contribution in [2.45, 2.75) is 53.3 Å². The molecule has 0 bridgehead atoms. The summed E-state index contributed by atoms with van der Waals surface area (Å²) in [4.78, 5) is 26.7. The molecule has 0 aliphatic rings. The second-order valence-electron chi connectivity index (χ2n) is 7.79. The molecule has 1 amide bonds. The number of aromatic nitrogens is 3. The fraction of sp³-hybridized carbons (Fsp3) is 0.348. The monoisotopic (exact) mass is 438 g/mol. The summed E-state index contributed by atoms with van der Waals surface area (Å²) in [6, 6.07) is 11.6. The number of nitrogens with one attached hydrogen (secondary N) is 1. The molecule has 1 N–H and O–H groups in total. The summed E-state index contributed by atoms with van der Waals surface area (Å²) < 4.78 is 9.86. The van der Waals surface area contributed by atoms with Crippen molar-refractivity contribution in [3.05, 3.63) is 63.0 Å². The third kappa shape index (κ3) is 4.34. The van der Waals surface area contributed by atoms with Gasteiger partial charge >= 0.3 is 0 Å². The van der Waals surface area contributed by atoms with Crippen LogP contribution in [0.4, 0.5) is 0 Å². The van der Waals surface area contributed by atoms with Crippen molar-refractivity contribution in [2.24, 2.45) is 0 Å². The minimum absolute atomic E-state index is 0.113. The van der Waals surface area contributed by atoms with Crippen molar-refractivity contribution in [1.29, 1.82) is 0 Å². The van der Waals surface area contributed by atoms with Crippen molar-refractivity contribution in [2.75, 3.05) is 0 Å². The Morgan fingerprint density at radius 3 is 2.61 bits per heavy atom. The molecule has 0 aliphatic heterocycles. The maximum Gasteiger partial charge on any atom is 0.291 e. The van der Waals surface area contributed by atoms with E-state index in [0.717, 1.165) is 27.4 Å². The standard InChI is InChI=1S/C23H26N4O3S/c1-5-21-25-26(23(29)19-11-20-18(27(19)21)10-15(4)31-20)13-22(28)24-12-16-6-8-17(9-7-16)30-14(2)3/h6-11,14H,5,12-13H2,1-4H3,(H,24,28). The van der Waals surface area contributed by atoms with Gasteiger partial charge in [-0.05, 0) is 50.6 Å². The van der Waals surface area contributed by atoms with Gasteiger partial charge in [-0.2, -0.15) is 5.10 Å². The van der Waals surface area contributed by atoms with Gasteiger partial charge < -0.3 is 10.1 Å². The predicted molar refractivity (Wildman–Crippen MR) is 123 cm³/mol. The van der Waals surface area contributed by atoms with Crippen molar-refractivity contribution in [1.82, 2.24) is 19.5 Å². The lowest BCUT2D eigenvalue weighted by Crippen LogP contribution is -2.35. The van der Waals surface area contributed by atoms with Gasteiger partial charge in [0.2, 0.25) is 5.91 Å². The van der Waals surface area contributed by atoms with E-state index >= 15 is 0 Å². The normalized spacial score (nSPS) is 11.5. The number of hydrogen-bond acceptors (Lipinski definition) is 5. The van der Waals surface area contributed by atoms with Gasteiger partial charge in [-0.25, -0.2) is 4.68 Å². The molecule has 0 saturated carbocycles. The number of aryl methyl sites for hydroxylation is 2. The minimum atomic E-state index is -0.261. The summed E-state index contributed by atoms with van der Waals surface area (Å²) in [5.41, 5.74) is 2.25. The molecule has 162 valence electrons. The highest BCUT2D eigenvalue weighted by Gasteiger charge is 2.16. The molecule has 0 fully saturated rings. The van der Waals surface area contributed by atoms with E-state index in [2.05, 4.69) is 16.5 Å². The van der Waals surface area contributed by atoms with Gasteiger partial charge in [0.15, 0.2) is 0 Å². The Balaban J connectivity index is 1.51. The van der Waals surface area contributed by atoms with Gasteiger partial charge in [-0.15, -0.1) is 11.3 Å². The molecule has 0 radical (unpaired) electrons. The fourth-order valence-electron chi connectivity index (χ4n) is 3.60. The summed E-state index contributed by atoms with van der Waals surface area (Å²) in [5.74, 6) is 1.30. The Bertz CT molecular complexity index is 1300. The minimum Gasteiger partial charge on any atom is -0.491 e. The van der Waals surface area contributed by atoms with Crippen LogP contribution in [0, 0.1) is 6.92 Å². The summed E-state index contributed by atoms with van der Waals surface area (Å²) >= 11 is 1.65. The number of nitrogens with zero attached hydrogens (tertiary/aromatic N) is 3. The van der Waals surface area contributed by atoms with Gasteiger partial charge in [0.25, 0.3) is 5.56 Å². The molecule has 4 aromatic rings. The van der Waals surface area contributed by atoms with Crippen molar-refractivity contribution < 1.29 is 9.53 Å². The Labute approximate surface area is 184 Å². The van der Waals surface area contributed by atoms with Gasteiger partial charge in [0.05, 0.1) is 16.3 Å². The van der Waals surface area contributed by atoms with Crippen LogP contribution < -0.4 is 15.6 Å². The number of benzene rings is 1. The Morgan fingerprint density at radius 2 is 1.94 bits per heavy atom. The Kier molecular flexibility index (Phi) is 5.82. The van der Waals surface area contributed by atoms with Crippen molar-refractivity contribution in [3.8, 4) is 5.75 Å². The fourth-order valence-corrected chi connectivity index (χ4v) is 4.54. The molecule has 3 aromatic heterocycles. The Morgan fingerprint density at radius 1 is 1.19 bits per heavy atom. The lowest BCUT2D eigenvalue weighted by molar-refractivity contribution is -0.122. The highest BCUT2D eigenvalue weighted by molar-refractivity contribution is 7.19. The lowest BCUT2D eigenvalue weighted by Gasteiger charge is -2.11. The van der Waals surface area contributed by atoms with Gasteiger partial charge in [-0.1, -0.05) is 19.1 Å². The first kappa shape index (κ1) is 21.1. The van der Waals surface area contributed by atoms with E-state index < -0.39 is 0 Å². The van der Waals surface area contributed by atoms with Crippen LogP contribution in [-0.4, -0.2) is 26.2 Å². The maximum absolute atomic E-state index is 13.0. The number of hydrogen-bond donors (Lipinski definition) is 1. The molecule has 0 atom stereocenters. The number of ether oxygens (including phenoxy) is 1. The third-order valence-corrected chi connectivity index (χ3v) is 5.94. The van der Waals surface area contributed by atoms with Gasteiger partial charge in [0.1, 0.15) is 23.6 Å². The molecule has 0 spiro atoms. The van der Waals surface area contributed by atoms with Gasteiger partial charge in [0, 0.05) is 17.8 Å². The van der Waals surface area contributed by atoms with Crippen LogP contribution in [0.5, 0.6) is 5.75 Å². The first-order valence-corrected chi connectivity index (χ1v) is 11.2. The highest BCUT2D eigenvalue weighted by atomic mass is 32.1. The van der Waals surface area contributed by atoms with E-state index in [4.69, 9.17) is 4.74 Å². The quantitative estimate of drug-likeness (QED) is 0.477. The summed E-state index contributed by atoms with van der Waals surface area (Å²) in [5, 5.41) is 7.34. The number of rotatable bonds is 7. The zero-order valence-electron chi connectivity index (χ0n) is 18.1. The van der Waals surface area contributed by atoms with E-state index in [1.54, 1.807) is 11.3 Å². The zero-order chi connectivity index (χ0) is 22.1. The molecule has 1 aromatic carbocycles. The number of thiophene rings is 1. The average molecular weight is 439 g/mol. The van der Waals surface area contributed by atoms with Crippen LogP contribution in [0.15, 0.2) is 41.2 Å². The Hall–Kier alpha value is -3.13. The van der Waals surface area contributed by atoms with Crippen LogP contribution in [0.2, 0.25) is 0 Å². The van der Waals surface area contributed by atoms with Crippen molar-refractivity contribution in [3.63, 3.8) is 0 Å². The van der Waals surface area contributed by atoms with E-state index in [1.165, 1.54) is 9.56 Å². The van der Waals surface area contributed by atoms with Crippen LogP contribution in [0.25, 0.3) is 15.7 Å². The molecule has 0 saturated heterocycles. The molecule has 8 heteroatoms. The summed E-state index contributed by atoms with van der Waals surface area (Å²) in [6.07, 6.45) is 0.768. The number of carbonyl (C=O) groups is 1. The van der Waals surface area contributed by atoms with Crippen LogP contribution in [0.1, 0.15) is 37.0 Å². The largest absolute Gasteiger partial charge is 0.491 e. The summed E-state index contributed by atoms with van der Waals surface area (Å²) in [7, 11) is 0. The molecule has 31 heavy (non-hydrogen) atoms. The first-order chi connectivity index (χ1) is 14.9. The SMILES string of the molecule is CCc1nn(CC(=O)NCc2ccc(OC(C)C)cc2)c(=O)c2cc3sc(C)cc3n12. The number of carbonyl (C=O) groups excluding carboxylic acids is 1. The third-order valence-electron chi connectivity index (χ3n) is 4.96. The molecule has 0 aliphatic carbocycles. The number of fused-ring (bicyclic) bond motifs is 3. The highest BCUT2D eigenvalue weighted by Crippen LogP contribution is 2.28. The molecule has 3 heterocycles. The smallest absolute Gasteiger partial charge is 0.291 e. The van der Waals surface area contributed by atoms with Crippen molar-refractivity contribution >= 4 is 33.0 Å². The van der Waals surface area contributed by atoms with Gasteiger partial charge in [-0.3, -0.25) is 14.0 Å². The van der Waals surface area contributed by atoms with Crippen LogP contribution >= 0.6 is 11.3 Å². The second-order valence-corrected chi connectivity index (χ2v) is 9.08. The maximum atomic E-state index is 13.0. The molecule has 4 rings (SSSR count). The zero-order valence-corrected chi connectivity index (χ0v) is 19.0. The molecular formula is C23H26N4O3S. The topological polar surface area (TPSA) is 77.6 Å². The molecule has 7 nitrogen and oxygen atoms in total. The predicted octanol–water partition coefficient (Wildman–Crippen LogP) is 3.69. The van der Waals surface area contributed by atoms with E-state index in [-0.39, 0.29) is 24.1 Å². The lowest BCUT2D eigenvalue weighted by atomic mass is 10.2. The van der Waals surface area contributed by atoms with Crippen LogP contribution in [0.3, 0.4) is 0 Å². The number of amides is 1. The van der Waals surface area contributed by atoms with Crippen LogP contribution in [-0.2, 0) is 24.3 Å². The average Bonchev–Trinajstić information content (AvgIpc) is 3.25. The van der Waals surface area contributed by atoms with E-state index in [9.17, 15) is 9.59 Å². The molecule has 0 unspecified atom stereocenters. The second kappa shape index (κ2) is 8.55. The van der Waals surface area contributed by atoms with E-state index in [0.29, 0.717) is 18.5 Å². The molecular weight excluding hydrogens is 412 g/mol.